The van der Waals surface area contributed by atoms with Crippen molar-refractivity contribution in [3.63, 3.8) is 0 Å². The van der Waals surface area contributed by atoms with Gasteiger partial charge in [0.25, 0.3) is 5.69 Å². The quantitative estimate of drug-likeness (QED) is 0.489. The molecule has 0 aliphatic carbocycles. The number of aromatic nitrogens is 2. The Labute approximate surface area is 108 Å². The first kappa shape index (κ1) is 12.7. The lowest BCUT2D eigenvalue weighted by atomic mass is 10.3. The maximum absolute atomic E-state index is 10.5. The lowest BCUT2D eigenvalue weighted by molar-refractivity contribution is -0.384. The number of nitrogens with two attached hydrogens (primary N) is 1. The number of anilines is 1. The van der Waals surface area contributed by atoms with E-state index < -0.39 is 4.92 Å². The number of hydrazine groups is 1. The molecule has 2 aromatic rings. The monoisotopic (exact) mass is 261 g/mol. The molecule has 8 heteroatoms. The first-order chi connectivity index (χ1) is 9.08. The van der Waals surface area contributed by atoms with E-state index in [2.05, 4.69) is 15.4 Å². The molecule has 8 nitrogen and oxygen atoms in total. The van der Waals surface area contributed by atoms with Gasteiger partial charge in [-0.3, -0.25) is 10.1 Å². The molecule has 0 amide bonds. The number of nitrogens with zero attached hydrogens (tertiary/aromatic N) is 3. The summed E-state index contributed by atoms with van der Waals surface area (Å²) in [6, 6.07) is 7.21. The first-order valence-electron chi connectivity index (χ1n) is 5.33. The summed E-state index contributed by atoms with van der Waals surface area (Å²) in [5.74, 6) is 6.91. The number of ether oxygens (including phenoxy) is 1. The van der Waals surface area contributed by atoms with Crippen LogP contribution in [0.1, 0.15) is 5.82 Å². The topological polar surface area (TPSA) is 116 Å². The summed E-state index contributed by atoms with van der Waals surface area (Å²) in [7, 11) is 0. The standard InChI is InChI=1S/C11H11N5O3/c1-7-13-10(15-12)6-11(14-7)19-9-4-2-8(3-5-9)16(17)18/h2-6H,12H2,1H3,(H,13,14,15). The number of benzene rings is 1. The predicted molar refractivity (Wildman–Crippen MR) is 67.7 cm³/mol. The third kappa shape index (κ3) is 3.13. The highest BCUT2D eigenvalue weighted by Crippen LogP contribution is 2.23. The van der Waals surface area contributed by atoms with Crippen molar-refractivity contribution in [2.75, 3.05) is 5.43 Å². The lowest BCUT2D eigenvalue weighted by Crippen LogP contribution is -2.09. The molecule has 19 heavy (non-hydrogen) atoms. The molecule has 98 valence electrons. The Hall–Kier alpha value is -2.74. The second-order valence-corrected chi connectivity index (χ2v) is 3.64. The van der Waals surface area contributed by atoms with Crippen LogP contribution >= 0.6 is 0 Å². The van der Waals surface area contributed by atoms with E-state index in [4.69, 9.17) is 10.6 Å². The van der Waals surface area contributed by atoms with Crippen molar-refractivity contribution in [3.8, 4) is 11.6 Å². The highest BCUT2D eigenvalue weighted by molar-refractivity contribution is 5.41. The van der Waals surface area contributed by atoms with E-state index in [1.54, 1.807) is 6.92 Å². The predicted octanol–water partition coefficient (Wildman–Crippen LogP) is 1.77. The molecule has 1 aromatic heterocycles. The summed E-state index contributed by atoms with van der Waals surface area (Å²) < 4.78 is 5.47. The Morgan fingerprint density at radius 1 is 1.32 bits per heavy atom. The van der Waals surface area contributed by atoms with Crippen LogP contribution in [0.4, 0.5) is 11.5 Å². The van der Waals surface area contributed by atoms with Crippen molar-refractivity contribution in [2.24, 2.45) is 5.84 Å². The molecule has 3 N–H and O–H groups in total. The van der Waals surface area contributed by atoms with E-state index in [0.717, 1.165) is 0 Å². The average molecular weight is 261 g/mol. The Morgan fingerprint density at radius 3 is 2.58 bits per heavy atom. The van der Waals surface area contributed by atoms with Gasteiger partial charge in [0.2, 0.25) is 5.88 Å². The molecule has 0 aliphatic rings. The van der Waals surface area contributed by atoms with E-state index in [0.29, 0.717) is 23.3 Å². The minimum Gasteiger partial charge on any atom is -0.439 e. The van der Waals surface area contributed by atoms with Crippen LogP contribution in [0, 0.1) is 17.0 Å². The molecule has 0 saturated heterocycles. The van der Waals surface area contributed by atoms with E-state index in [9.17, 15) is 10.1 Å². The molecule has 1 aromatic carbocycles. The average Bonchev–Trinajstić information content (AvgIpc) is 2.38. The Balaban J connectivity index is 2.21. The number of nitrogen functional groups attached to an aromatic ring is 1. The van der Waals surface area contributed by atoms with Crippen molar-refractivity contribution in [1.82, 2.24) is 9.97 Å². The molecule has 0 unspecified atom stereocenters. The normalized spacial score (nSPS) is 10.0. The second kappa shape index (κ2) is 5.27. The minimum absolute atomic E-state index is 0.00414. The van der Waals surface area contributed by atoms with Gasteiger partial charge in [0.05, 0.1) is 4.92 Å². The summed E-state index contributed by atoms with van der Waals surface area (Å²) in [6.07, 6.45) is 0. The van der Waals surface area contributed by atoms with Crippen molar-refractivity contribution in [1.29, 1.82) is 0 Å². The smallest absolute Gasteiger partial charge is 0.269 e. The second-order valence-electron chi connectivity index (χ2n) is 3.64. The number of nitro benzene ring substituents is 1. The van der Waals surface area contributed by atoms with Crippen LogP contribution < -0.4 is 16.0 Å². The fourth-order valence-electron chi connectivity index (χ4n) is 1.42. The molecule has 0 aliphatic heterocycles. The van der Waals surface area contributed by atoms with Gasteiger partial charge >= 0.3 is 0 Å². The van der Waals surface area contributed by atoms with Gasteiger partial charge in [-0.15, -0.1) is 0 Å². The van der Waals surface area contributed by atoms with Crippen molar-refractivity contribution in [2.45, 2.75) is 6.92 Å². The number of hydrogen-bond acceptors (Lipinski definition) is 7. The highest BCUT2D eigenvalue weighted by Gasteiger charge is 2.07. The van der Waals surface area contributed by atoms with Gasteiger partial charge in [-0.25, -0.2) is 10.8 Å². The largest absolute Gasteiger partial charge is 0.439 e. The molecular formula is C11H11N5O3. The van der Waals surface area contributed by atoms with E-state index >= 15 is 0 Å². The van der Waals surface area contributed by atoms with Gasteiger partial charge < -0.3 is 10.2 Å². The van der Waals surface area contributed by atoms with Gasteiger partial charge in [0.1, 0.15) is 17.4 Å². The van der Waals surface area contributed by atoms with E-state index in [1.807, 2.05) is 0 Å². The molecule has 0 saturated carbocycles. The van der Waals surface area contributed by atoms with Crippen molar-refractivity contribution >= 4 is 11.5 Å². The summed E-state index contributed by atoms with van der Waals surface area (Å²) in [5.41, 5.74) is 2.39. The molecule has 0 bridgehead atoms. The Bertz CT molecular complexity index is 600. The van der Waals surface area contributed by atoms with Gasteiger partial charge in [-0.05, 0) is 19.1 Å². The summed E-state index contributed by atoms with van der Waals surface area (Å²) in [4.78, 5) is 18.1. The van der Waals surface area contributed by atoms with Gasteiger partial charge in [0.15, 0.2) is 0 Å². The van der Waals surface area contributed by atoms with E-state index in [-0.39, 0.29) is 5.69 Å². The third-order valence-corrected chi connectivity index (χ3v) is 2.23. The number of aryl methyl sites for hydroxylation is 1. The van der Waals surface area contributed by atoms with Crippen LogP contribution in [0.25, 0.3) is 0 Å². The fraction of sp³-hybridized carbons (Fsp3) is 0.0909. The van der Waals surface area contributed by atoms with Crippen LogP contribution in [0.3, 0.4) is 0 Å². The van der Waals surface area contributed by atoms with Crippen LogP contribution in [0.5, 0.6) is 11.6 Å². The number of nitrogens with one attached hydrogen (secondary N) is 1. The van der Waals surface area contributed by atoms with Crippen LogP contribution in [-0.2, 0) is 0 Å². The summed E-state index contributed by atoms with van der Waals surface area (Å²) in [6.45, 7) is 1.70. The third-order valence-electron chi connectivity index (χ3n) is 2.23. The summed E-state index contributed by atoms with van der Waals surface area (Å²) >= 11 is 0. The Kier molecular flexibility index (Phi) is 3.53. The number of rotatable bonds is 4. The highest BCUT2D eigenvalue weighted by atomic mass is 16.6. The van der Waals surface area contributed by atoms with Crippen molar-refractivity contribution in [3.05, 3.63) is 46.3 Å². The molecular weight excluding hydrogens is 250 g/mol. The zero-order valence-electron chi connectivity index (χ0n) is 10.0. The molecule has 0 atom stereocenters. The SMILES string of the molecule is Cc1nc(NN)cc(Oc2ccc([N+](=O)[O-])cc2)n1. The number of non-ortho nitro benzene ring substituents is 1. The Morgan fingerprint density at radius 2 is 2.00 bits per heavy atom. The zero-order valence-corrected chi connectivity index (χ0v) is 10.0. The number of hydrogen-bond donors (Lipinski definition) is 2. The number of nitro groups is 1. The van der Waals surface area contributed by atoms with Gasteiger partial charge in [-0.1, -0.05) is 0 Å². The summed E-state index contributed by atoms with van der Waals surface area (Å²) in [5, 5.41) is 10.5. The van der Waals surface area contributed by atoms with Gasteiger partial charge in [-0.2, -0.15) is 4.98 Å². The molecule has 0 spiro atoms. The zero-order chi connectivity index (χ0) is 13.8. The lowest BCUT2D eigenvalue weighted by Gasteiger charge is -2.07. The molecule has 0 radical (unpaired) electrons. The van der Waals surface area contributed by atoms with Crippen LogP contribution in [-0.4, -0.2) is 14.9 Å². The molecule has 2 rings (SSSR count). The van der Waals surface area contributed by atoms with Crippen LogP contribution in [0.15, 0.2) is 30.3 Å². The van der Waals surface area contributed by atoms with Crippen LogP contribution in [0.2, 0.25) is 0 Å². The molecule has 1 heterocycles. The van der Waals surface area contributed by atoms with Gasteiger partial charge in [0, 0.05) is 18.2 Å². The first-order valence-corrected chi connectivity index (χ1v) is 5.33. The van der Waals surface area contributed by atoms with E-state index in [1.165, 1.54) is 30.3 Å². The maximum Gasteiger partial charge on any atom is 0.269 e. The fourth-order valence-corrected chi connectivity index (χ4v) is 1.42. The maximum atomic E-state index is 10.5. The van der Waals surface area contributed by atoms with Crippen molar-refractivity contribution < 1.29 is 9.66 Å². The minimum atomic E-state index is -0.477. The molecule has 0 fully saturated rings.